The summed E-state index contributed by atoms with van der Waals surface area (Å²) in [6, 6.07) is 6.73. The molecule has 0 saturated heterocycles. The molecule has 31 heavy (non-hydrogen) atoms. The Morgan fingerprint density at radius 3 is 2.35 bits per heavy atom. The fraction of sp³-hybridized carbons (Fsp3) is 0.333. The quantitative estimate of drug-likeness (QED) is 0.410. The van der Waals surface area contributed by atoms with Crippen LogP contribution >= 0.6 is 35.3 Å². The standard InChI is InChI=1S/C21H22ClF2N3O2S.ClH/c1-4-26(5-2)11-12-27(20(28)17-14(23)7-6-8-15(17)24)21-25-18-16(29-3)10-9-13(22)19(18)30-21;/h6-10H,4-5,11-12H2,1-3H3;1H. The minimum absolute atomic E-state index is 0. The molecule has 0 radical (unpaired) electrons. The fourth-order valence-corrected chi connectivity index (χ4v) is 4.40. The molecule has 0 aliphatic carbocycles. The molecular weight excluding hydrogens is 467 g/mol. The Balaban J connectivity index is 0.00000341. The van der Waals surface area contributed by atoms with Crippen LogP contribution in [0.2, 0.25) is 5.02 Å². The summed E-state index contributed by atoms with van der Waals surface area (Å²) >= 11 is 7.49. The number of methoxy groups -OCH3 is 1. The van der Waals surface area contributed by atoms with Gasteiger partial charge in [-0.1, -0.05) is 42.9 Å². The zero-order valence-electron chi connectivity index (χ0n) is 17.3. The van der Waals surface area contributed by atoms with E-state index in [1.54, 1.807) is 12.1 Å². The number of amides is 1. The van der Waals surface area contributed by atoms with E-state index in [9.17, 15) is 13.6 Å². The van der Waals surface area contributed by atoms with E-state index in [1.165, 1.54) is 29.4 Å². The maximum Gasteiger partial charge on any atom is 0.266 e. The Morgan fingerprint density at radius 2 is 1.77 bits per heavy atom. The number of carbonyl (C=O) groups is 1. The Bertz CT molecular complexity index is 1040. The lowest BCUT2D eigenvalue weighted by molar-refractivity contribution is 0.0975. The molecule has 0 aliphatic rings. The van der Waals surface area contributed by atoms with Crippen LogP contribution in [0.25, 0.3) is 10.2 Å². The average Bonchev–Trinajstić information content (AvgIpc) is 3.17. The number of aromatic nitrogens is 1. The van der Waals surface area contributed by atoms with Crippen molar-refractivity contribution in [1.29, 1.82) is 0 Å². The number of hydrogen-bond acceptors (Lipinski definition) is 5. The Morgan fingerprint density at radius 1 is 1.13 bits per heavy atom. The second-order valence-electron chi connectivity index (χ2n) is 6.50. The maximum atomic E-state index is 14.3. The van der Waals surface area contributed by atoms with E-state index < -0.39 is 23.1 Å². The highest BCUT2D eigenvalue weighted by Crippen LogP contribution is 2.39. The molecule has 10 heteroatoms. The number of benzene rings is 2. The Labute approximate surface area is 195 Å². The first kappa shape index (κ1) is 25.3. The topological polar surface area (TPSA) is 45.7 Å². The zero-order valence-corrected chi connectivity index (χ0v) is 19.7. The van der Waals surface area contributed by atoms with Crippen LogP contribution in [0.5, 0.6) is 5.75 Å². The van der Waals surface area contributed by atoms with E-state index in [2.05, 4.69) is 9.88 Å². The molecule has 0 bridgehead atoms. The lowest BCUT2D eigenvalue weighted by Crippen LogP contribution is -2.39. The van der Waals surface area contributed by atoms with E-state index in [0.29, 0.717) is 32.7 Å². The SMILES string of the molecule is CCN(CC)CCN(C(=O)c1c(F)cccc1F)c1nc2c(OC)ccc(Cl)c2s1.Cl. The second-order valence-corrected chi connectivity index (χ2v) is 7.89. The van der Waals surface area contributed by atoms with Gasteiger partial charge >= 0.3 is 0 Å². The highest BCUT2D eigenvalue weighted by Gasteiger charge is 2.27. The Kier molecular flexibility index (Phi) is 9.00. The smallest absolute Gasteiger partial charge is 0.266 e. The van der Waals surface area contributed by atoms with Gasteiger partial charge in [-0.2, -0.15) is 0 Å². The first-order chi connectivity index (χ1) is 14.4. The van der Waals surface area contributed by atoms with Crippen molar-refractivity contribution in [1.82, 2.24) is 9.88 Å². The van der Waals surface area contributed by atoms with Gasteiger partial charge in [0.2, 0.25) is 0 Å². The van der Waals surface area contributed by atoms with Gasteiger partial charge in [0.15, 0.2) is 5.13 Å². The van der Waals surface area contributed by atoms with Gasteiger partial charge in [-0.3, -0.25) is 9.69 Å². The van der Waals surface area contributed by atoms with Crippen molar-refractivity contribution in [3.8, 4) is 5.75 Å². The summed E-state index contributed by atoms with van der Waals surface area (Å²) in [5, 5.41) is 0.763. The molecule has 0 spiro atoms. The summed E-state index contributed by atoms with van der Waals surface area (Å²) < 4.78 is 34.7. The minimum atomic E-state index is -0.912. The van der Waals surface area contributed by atoms with Gasteiger partial charge in [0.05, 0.1) is 16.8 Å². The predicted molar refractivity (Wildman–Crippen MR) is 124 cm³/mol. The van der Waals surface area contributed by atoms with E-state index in [4.69, 9.17) is 16.3 Å². The number of halogens is 4. The lowest BCUT2D eigenvalue weighted by Gasteiger charge is -2.25. The van der Waals surface area contributed by atoms with Crippen LogP contribution in [0.1, 0.15) is 24.2 Å². The summed E-state index contributed by atoms with van der Waals surface area (Å²) in [7, 11) is 1.51. The largest absolute Gasteiger partial charge is 0.494 e. The van der Waals surface area contributed by atoms with Gasteiger partial charge in [-0.25, -0.2) is 13.8 Å². The van der Waals surface area contributed by atoms with Crippen molar-refractivity contribution in [3.63, 3.8) is 0 Å². The van der Waals surface area contributed by atoms with Crippen molar-refractivity contribution in [3.05, 3.63) is 52.6 Å². The first-order valence-electron chi connectivity index (χ1n) is 9.52. The molecule has 168 valence electrons. The van der Waals surface area contributed by atoms with Crippen LogP contribution in [-0.2, 0) is 0 Å². The van der Waals surface area contributed by atoms with E-state index in [-0.39, 0.29) is 19.0 Å². The van der Waals surface area contributed by atoms with Gasteiger partial charge < -0.3 is 9.64 Å². The number of fused-ring (bicyclic) bond motifs is 1. The van der Waals surface area contributed by atoms with E-state index in [0.717, 1.165) is 25.2 Å². The van der Waals surface area contributed by atoms with Crippen LogP contribution in [-0.4, -0.2) is 49.1 Å². The van der Waals surface area contributed by atoms with Gasteiger partial charge in [0.1, 0.15) is 28.5 Å². The molecule has 5 nitrogen and oxygen atoms in total. The molecule has 3 rings (SSSR count). The molecule has 1 aromatic heterocycles. The maximum absolute atomic E-state index is 14.3. The van der Waals surface area contributed by atoms with Gasteiger partial charge in [-0.15, -0.1) is 12.4 Å². The molecule has 0 atom stereocenters. The molecule has 0 saturated carbocycles. The van der Waals surface area contributed by atoms with Gasteiger partial charge in [-0.05, 0) is 37.4 Å². The van der Waals surface area contributed by atoms with Crippen LogP contribution in [0.15, 0.2) is 30.3 Å². The molecule has 0 unspecified atom stereocenters. The molecule has 2 aromatic carbocycles. The van der Waals surface area contributed by atoms with Crippen LogP contribution in [0.4, 0.5) is 13.9 Å². The first-order valence-corrected chi connectivity index (χ1v) is 10.7. The Hall–Kier alpha value is -2.00. The van der Waals surface area contributed by atoms with E-state index in [1.807, 2.05) is 13.8 Å². The molecule has 0 aliphatic heterocycles. The normalized spacial score (nSPS) is 10.9. The minimum Gasteiger partial charge on any atom is -0.494 e. The average molecular weight is 490 g/mol. The number of likely N-dealkylation sites (N-methyl/N-ethyl adjacent to an activating group) is 1. The zero-order chi connectivity index (χ0) is 21.8. The van der Waals surface area contributed by atoms with Crippen molar-refractivity contribution in [2.24, 2.45) is 0 Å². The monoisotopic (exact) mass is 489 g/mol. The molecule has 0 N–H and O–H groups in total. The number of ether oxygens (including phenoxy) is 1. The van der Waals surface area contributed by atoms with Crippen LogP contribution in [0, 0.1) is 11.6 Å². The van der Waals surface area contributed by atoms with Crippen molar-refractivity contribution in [2.75, 3.05) is 38.2 Å². The third-order valence-corrected chi connectivity index (χ3v) is 6.39. The third kappa shape index (κ3) is 5.26. The predicted octanol–water partition coefficient (Wildman–Crippen LogP) is 5.65. The summed E-state index contributed by atoms with van der Waals surface area (Å²) in [6.45, 7) is 6.32. The lowest BCUT2D eigenvalue weighted by atomic mass is 10.1. The summed E-state index contributed by atoms with van der Waals surface area (Å²) in [5.41, 5.74) is -0.103. The van der Waals surface area contributed by atoms with Gasteiger partial charge in [0.25, 0.3) is 5.91 Å². The highest BCUT2D eigenvalue weighted by molar-refractivity contribution is 7.23. The summed E-state index contributed by atoms with van der Waals surface area (Å²) in [4.78, 5) is 21.2. The molecule has 0 fully saturated rings. The third-order valence-electron chi connectivity index (χ3n) is 4.85. The fourth-order valence-electron chi connectivity index (χ4n) is 3.12. The summed E-state index contributed by atoms with van der Waals surface area (Å²) in [6.07, 6.45) is 0. The molecule has 3 aromatic rings. The second kappa shape index (κ2) is 11.0. The van der Waals surface area contributed by atoms with E-state index >= 15 is 0 Å². The van der Waals surface area contributed by atoms with Crippen molar-refractivity contribution in [2.45, 2.75) is 13.8 Å². The van der Waals surface area contributed by atoms with Gasteiger partial charge in [0, 0.05) is 13.1 Å². The van der Waals surface area contributed by atoms with Crippen molar-refractivity contribution >= 4 is 56.6 Å². The summed E-state index contributed by atoms with van der Waals surface area (Å²) in [5.74, 6) is -2.11. The molecule has 1 amide bonds. The number of hydrogen-bond donors (Lipinski definition) is 0. The van der Waals surface area contributed by atoms with Crippen LogP contribution in [0.3, 0.4) is 0 Å². The highest BCUT2D eigenvalue weighted by atomic mass is 35.5. The number of nitrogens with zero attached hydrogens (tertiary/aromatic N) is 3. The van der Waals surface area contributed by atoms with Crippen molar-refractivity contribution < 1.29 is 18.3 Å². The molecular formula is C21H23Cl2F2N3O2S. The number of thiazole rings is 1. The number of anilines is 1. The molecule has 1 heterocycles. The van der Waals surface area contributed by atoms with Crippen LogP contribution < -0.4 is 9.64 Å². The number of carbonyl (C=O) groups excluding carboxylic acids is 1. The number of rotatable bonds is 8.